The van der Waals surface area contributed by atoms with Gasteiger partial charge in [-0.25, -0.2) is 13.2 Å². The topological polar surface area (TPSA) is 118 Å². The van der Waals surface area contributed by atoms with Gasteiger partial charge in [0.05, 0.1) is 10.4 Å². The van der Waals surface area contributed by atoms with E-state index in [0.29, 0.717) is 22.2 Å². The van der Waals surface area contributed by atoms with Crippen molar-refractivity contribution in [2.24, 2.45) is 0 Å². The van der Waals surface area contributed by atoms with Crippen molar-refractivity contribution in [3.8, 4) is 6.07 Å². The molecule has 0 saturated heterocycles. The molecule has 0 fully saturated rings. The van der Waals surface area contributed by atoms with Gasteiger partial charge in [-0.3, -0.25) is 9.36 Å². The fraction of sp³-hybridized carbons (Fsp3) is 0.208. The largest absolute Gasteiger partial charge is 0.443 e. The van der Waals surface area contributed by atoms with Gasteiger partial charge in [0.2, 0.25) is 15.7 Å². The highest BCUT2D eigenvalue weighted by Crippen LogP contribution is 2.28. The average molecular weight is 466 g/mol. The van der Waals surface area contributed by atoms with Gasteiger partial charge in [0.15, 0.2) is 0 Å². The van der Waals surface area contributed by atoms with Crippen molar-refractivity contribution in [2.45, 2.75) is 38.2 Å². The average Bonchev–Trinajstić information content (AvgIpc) is 3.09. The maximum atomic E-state index is 13.1. The number of amides is 1. The van der Waals surface area contributed by atoms with Crippen LogP contribution < -0.4 is 5.32 Å². The van der Waals surface area contributed by atoms with E-state index in [4.69, 9.17) is 4.74 Å². The Morgan fingerprint density at radius 2 is 1.73 bits per heavy atom. The van der Waals surface area contributed by atoms with E-state index in [-0.39, 0.29) is 10.8 Å². The van der Waals surface area contributed by atoms with Crippen molar-refractivity contribution in [1.82, 2.24) is 4.57 Å². The quantitative estimate of drug-likeness (QED) is 0.557. The molecule has 0 aliphatic heterocycles. The van der Waals surface area contributed by atoms with Crippen LogP contribution in [0.1, 0.15) is 33.3 Å². The minimum atomic E-state index is -4.14. The molecule has 0 spiro atoms. The smallest absolute Gasteiger partial charge is 0.419 e. The maximum Gasteiger partial charge on any atom is 0.419 e. The van der Waals surface area contributed by atoms with Gasteiger partial charge in [0, 0.05) is 29.8 Å². The van der Waals surface area contributed by atoms with Crippen LogP contribution in [0.5, 0.6) is 0 Å². The molecule has 0 atom stereocenters. The van der Waals surface area contributed by atoms with Crippen molar-refractivity contribution in [2.75, 3.05) is 5.32 Å². The van der Waals surface area contributed by atoms with E-state index in [9.17, 15) is 23.3 Å². The van der Waals surface area contributed by atoms with Crippen molar-refractivity contribution in [3.05, 3.63) is 65.2 Å². The first kappa shape index (κ1) is 23.8. The van der Waals surface area contributed by atoms with Crippen LogP contribution in [0, 0.1) is 11.3 Å². The Kier molecular flexibility index (Phi) is 6.42. The second-order valence-corrected chi connectivity index (χ2v) is 10.2. The lowest BCUT2D eigenvalue weighted by Gasteiger charge is -2.19. The summed E-state index contributed by atoms with van der Waals surface area (Å²) in [4.78, 5) is 23.3. The number of carbonyl (C=O) groups excluding carboxylic acids is 2. The molecule has 0 aliphatic rings. The molecule has 1 amide bonds. The number of fused-ring (bicyclic) bond motifs is 1. The predicted octanol–water partition coefficient (Wildman–Crippen LogP) is 4.72. The number of nitrogens with zero attached hydrogens (tertiary/aromatic N) is 2. The number of benzene rings is 2. The Balaban J connectivity index is 2.07. The number of anilines is 1. The van der Waals surface area contributed by atoms with Gasteiger partial charge >= 0.3 is 6.09 Å². The van der Waals surface area contributed by atoms with Gasteiger partial charge in [-0.2, -0.15) is 5.26 Å². The number of carbonyl (C=O) groups is 2. The molecule has 2 aromatic carbocycles. The van der Waals surface area contributed by atoms with Crippen LogP contribution in [0.15, 0.2) is 64.5 Å². The zero-order valence-electron chi connectivity index (χ0n) is 18.6. The summed E-state index contributed by atoms with van der Waals surface area (Å²) in [5.41, 5.74) is 0.617. The summed E-state index contributed by atoms with van der Waals surface area (Å²) in [7, 11) is -4.14. The van der Waals surface area contributed by atoms with Crippen molar-refractivity contribution >= 4 is 44.5 Å². The summed E-state index contributed by atoms with van der Waals surface area (Å²) in [5, 5.41) is 12.8. The number of para-hydroxylation sites is 1. The Morgan fingerprint density at radius 3 is 2.30 bits per heavy atom. The maximum absolute atomic E-state index is 13.1. The van der Waals surface area contributed by atoms with E-state index < -0.39 is 26.4 Å². The third kappa shape index (κ3) is 5.30. The molecule has 1 heterocycles. The van der Waals surface area contributed by atoms with Gasteiger partial charge in [-0.1, -0.05) is 18.2 Å². The number of hydrogen-bond donors (Lipinski definition) is 1. The van der Waals surface area contributed by atoms with E-state index in [1.807, 2.05) is 0 Å². The molecule has 8 nitrogen and oxygen atoms in total. The van der Waals surface area contributed by atoms with Crippen LogP contribution in [-0.4, -0.2) is 30.6 Å². The van der Waals surface area contributed by atoms with E-state index in [0.717, 1.165) is 0 Å². The second kappa shape index (κ2) is 8.92. The van der Waals surface area contributed by atoms with Gasteiger partial charge in [-0.05, 0) is 57.2 Å². The van der Waals surface area contributed by atoms with Gasteiger partial charge in [-0.15, -0.1) is 0 Å². The highest BCUT2D eigenvalue weighted by molar-refractivity contribution is 7.95. The lowest BCUT2D eigenvalue weighted by Crippen LogP contribution is -2.26. The molecule has 3 rings (SSSR count). The molecule has 3 aromatic rings. The Bertz CT molecular complexity index is 1400. The Labute approximate surface area is 192 Å². The van der Waals surface area contributed by atoms with Gasteiger partial charge in [0.1, 0.15) is 16.6 Å². The first-order valence-corrected chi connectivity index (χ1v) is 11.5. The van der Waals surface area contributed by atoms with E-state index in [2.05, 4.69) is 5.32 Å². The summed E-state index contributed by atoms with van der Waals surface area (Å²) in [5.74, 6) is -0.287. The Morgan fingerprint density at radius 1 is 1.09 bits per heavy atom. The minimum Gasteiger partial charge on any atom is -0.443 e. The van der Waals surface area contributed by atoms with Gasteiger partial charge < -0.3 is 10.1 Å². The highest BCUT2D eigenvalue weighted by atomic mass is 32.2. The van der Waals surface area contributed by atoms with Crippen LogP contribution in [0.25, 0.3) is 17.0 Å². The van der Waals surface area contributed by atoms with Crippen LogP contribution in [-0.2, 0) is 19.4 Å². The molecule has 0 radical (unpaired) electrons. The van der Waals surface area contributed by atoms with Crippen LogP contribution in [0.2, 0.25) is 0 Å². The first-order chi connectivity index (χ1) is 15.4. The fourth-order valence-corrected chi connectivity index (χ4v) is 4.29. The standard InChI is InChI=1S/C24H23N3O5S/c1-16(28)26-18-9-11-19(12-10-18)33(30,31)20(14-25)13-17-15-27(23(29)32-24(2,3)4)22-8-6-5-7-21(17)22/h5-13,15H,1-4H3,(H,26,28)/b20-13+. The molecule has 170 valence electrons. The van der Waals surface area contributed by atoms with Gasteiger partial charge in [0.25, 0.3) is 0 Å². The van der Waals surface area contributed by atoms with Crippen LogP contribution in [0.3, 0.4) is 0 Å². The number of aromatic nitrogens is 1. The van der Waals surface area contributed by atoms with Crippen molar-refractivity contribution in [3.63, 3.8) is 0 Å². The summed E-state index contributed by atoms with van der Waals surface area (Å²) >= 11 is 0. The molecular weight excluding hydrogens is 442 g/mol. The number of nitriles is 1. The molecule has 0 saturated carbocycles. The van der Waals surface area contributed by atoms with E-state index in [1.165, 1.54) is 48.0 Å². The number of rotatable bonds is 4. The molecule has 0 aliphatic carbocycles. The zero-order chi connectivity index (χ0) is 24.4. The molecule has 0 unspecified atom stereocenters. The van der Waals surface area contributed by atoms with Crippen LogP contribution >= 0.6 is 0 Å². The summed E-state index contributed by atoms with van der Waals surface area (Å²) in [6.07, 6.45) is 2.07. The third-order valence-electron chi connectivity index (χ3n) is 4.50. The Hall–Kier alpha value is -3.90. The molecule has 1 N–H and O–H groups in total. The lowest BCUT2D eigenvalue weighted by molar-refractivity contribution is -0.114. The number of ether oxygens (including phenoxy) is 1. The first-order valence-electron chi connectivity index (χ1n) is 10.0. The third-order valence-corrected chi connectivity index (χ3v) is 6.19. The minimum absolute atomic E-state index is 0.0970. The summed E-state index contributed by atoms with van der Waals surface area (Å²) in [6.45, 7) is 6.58. The molecule has 0 bridgehead atoms. The number of allylic oxidation sites excluding steroid dienone is 1. The van der Waals surface area contributed by atoms with E-state index in [1.54, 1.807) is 51.1 Å². The normalized spacial score (nSPS) is 12.3. The van der Waals surface area contributed by atoms with Crippen LogP contribution in [0.4, 0.5) is 10.5 Å². The fourth-order valence-electron chi connectivity index (χ4n) is 3.14. The van der Waals surface area contributed by atoms with Crippen molar-refractivity contribution in [1.29, 1.82) is 5.26 Å². The second-order valence-electron chi connectivity index (χ2n) is 8.28. The number of hydrogen-bond acceptors (Lipinski definition) is 6. The zero-order valence-corrected chi connectivity index (χ0v) is 19.4. The molecule has 33 heavy (non-hydrogen) atoms. The molecular formula is C24H23N3O5S. The lowest BCUT2D eigenvalue weighted by atomic mass is 10.1. The highest BCUT2D eigenvalue weighted by Gasteiger charge is 2.24. The number of sulfone groups is 1. The van der Waals surface area contributed by atoms with E-state index >= 15 is 0 Å². The summed E-state index contributed by atoms with van der Waals surface area (Å²) < 4.78 is 32.9. The molecule has 1 aromatic heterocycles. The number of nitrogens with one attached hydrogen (secondary N) is 1. The molecule has 9 heteroatoms. The van der Waals surface area contributed by atoms with Crippen molar-refractivity contribution < 1.29 is 22.7 Å². The summed E-state index contributed by atoms with van der Waals surface area (Å²) in [6, 6.07) is 14.2. The monoisotopic (exact) mass is 465 g/mol. The predicted molar refractivity (Wildman–Crippen MR) is 125 cm³/mol. The SMILES string of the molecule is CC(=O)Nc1ccc(S(=O)(=O)/C(C#N)=C/c2cn(C(=O)OC(C)(C)C)c3ccccc23)cc1.